The van der Waals surface area contributed by atoms with E-state index in [-0.39, 0.29) is 0 Å². The van der Waals surface area contributed by atoms with E-state index in [9.17, 15) is 0 Å². The summed E-state index contributed by atoms with van der Waals surface area (Å²) < 4.78 is 2.25. The zero-order valence-corrected chi connectivity index (χ0v) is 14.9. The molecular weight excluding hydrogens is 336 g/mol. The van der Waals surface area contributed by atoms with Crippen molar-refractivity contribution in [1.82, 2.24) is 4.57 Å². The Morgan fingerprint density at radius 3 is 2.31 bits per heavy atom. The molecule has 1 aliphatic rings. The Morgan fingerprint density at radius 1 is 0.731 bits per heavy atom. The third-order valence-corrected chi connectivity index (χ3v) is 6.55. The van der Waals surface area contributed by atoms with Gasteiger partial charge in [0.1, 0.15) is 0 Å². The van der Waals surface area contributed by atoms with Crippen molar-refractivity contribution in [3.8, 4) is 11.1 Å². The average Bonchev–Trinajstić information content (AvgIpc) is 3.03. The van der Waals surface area contributed by atoms with Gasteiger partial charge in [0.15, 0.2) is 0 Å². The highest BCUT2D eigenvalue weighted by Crippen LogP contribution is 2.51. The second-order valence-electron chi connectivity index (χ2n) is 6.73. The number of hydrogen-bond donors (Lipinski definition) is 1. The highest BCUT2D eigenvalue weighted by Gasteiger charge is 2.23. The van der Waals surface area contributed by atoms with Crippen LogP contribution in [0.4, 0.5) is 0 Å². The molecule has 26 heavy (non-hydrogen) atoms. The maximum atomic E-state index is 6.18. The molecule has 4 aromatic carbocycles. The van der Waals surface area contributed by atoms with E-state index in [1.807, 2.05) is 11.8 Å². The monoisotopic (exact) mass is 352 g/mol. The maximum Gasteiger partial charge on any atom is 0.0707 e. The van der Waals surface area contributed by atoms with Crippen LogP contribution in [-0.4, -0.2) is 4.57 Å². The summed E-state index contributed by atoms with van der Waals surface area (Å²) in [5, 5.41) is 5.38. The van der Waals surface area contributed by atoms with Gasteiger partial charge in [-0.3, -0.25) is 0 Å². The van der Waals surface area contributed by atoms with Crippen LogP contribution in [0.25, 0.3) is 43.7 Å². The van der Waals surface area contributed by atoms with Gasteiger partial charge in [-0.2, -0.15) is 0 Å². The van der Waals surface area contributed by atoms with Crippen molar-refractivity contribution in [2.24, 2.45) is 5.73 Å². The van der Waals surface area contributed by atoms with Crippen LogP contribution in [0.3, 0.4) is 0 Å². The molecule has 0 saturated carbocycles. The van der Waals surface area contributed by atoms with Crippen molar-refractivity contribution in [2.45, 2.75) is 16.5 Å². The molecule has 5 aromatic rings. The lowest BCUT2D eigenvalue weighted by atomic mass is 9.94. The first-order valence-electron chi connectivity index (χ1n) is 8.81. The molecule has 0 unspecified atom stereocenters. The normalized spacial score (nSPS) is 12.8. The lowest BCUT2D eigenvalue weighted by Crippen LogP contribution is -2.06. The molecule has 0 aliphatic carbocycles. The molecule has 0 bridgehead atoms. The fourth-order valence-corrected chi connectivity index (χ4v) is 5.51. The van der Waals surface area contributed by atoms with Crippen LogP contribution in [0, 0.1) is 0 Å². The Labute approximate surface area is 155 Å². The Morgan fingerprint density at radius 2 is 1.50 bits per heavy atom. The van der Waals surface area contributed by atoms with Crippen LogP contribution in [0.5, 0.6) is 0 Å². The molecule has 6 rings (SSSR count). The minimum Gasteiger partial charge on any atom is -0.327 e. The van der Waals surface area contributed by atoms with Gasteiger partial charge in [0.2, 0.25) is 0 Å². The summed E-state index contributed by atoms with van der Waals surface area (Å²) in [5.74, 6) is 0. The molecule has 0 fully saturated rings. The third kappa shape index (κ3) is 1.72. The Bertz CT molecular complexity index is 1330. The first-order valence-corrected chi connectivity index (χ1v) is 9.62. The number of benzene rings is 4. The summed E-state index contributed by atoms with van der Waals surface area (Å²) >= 11 is 1.87. The maximum absolute atomic E-state index is 6.18. The fraction of sp³-hybridized carbons (Fsp3) is 0.0435. The Balaban J connectivity index is 1.93. The molecule has 0 atom stereocenters. The molecule has 124 valence electrons. The quantitative estimate of drug-likeness (QED) is 0.414. The van der Waals surface area contributed by atoms with Gasteiger partial charge in [0.25, 0.3) is 0 Å². The van der Waals surface area contributed by atoms with Crippen LogP contribution in [-0.2, 0) is 6.67 Å². The number of hydrogen-bond acceptors (Lipinski definition) is 2. The van der Waals surface area contributed by atoms with Crippen molar-refractivity contribution < 1.29 is 0 Å². The lowest BCUT2D eigenvalue weighted by molar-refractivity contribution is 0.790. The standard InChI is InChI=1S/C23H16N2S/c24-13-25-17-9-5-11-20-22(17)23-18(25)12-16(14-6-2-1-3-7-14)15-8-4-10-19(26-20)21(15)23/h1-12H,13,24H2. The van der Waals surface area contributed by atoms with Gasteiger partial charge in [-0.15, -0.1) is 0 Å². The Hall–Kier alpha value is -2.75. The predicted molar refractivity (Wildman–Crippen MR) is 111 cm³/mol. The van der Waals surface area contributed by atoms with E-state index in [2.05, 4.69) is 77.4 Å². The van der Waals surface area contributed by atoms with Crippen LogP contribution >= 0.6 is 11.8 Å². The van der Waals surface area contributed by atoms with Gasteiger partial charge < -0.3 is 10.3 Å². The van der Waals surface area contributed by atoms with E-state index in [0.29, 0.717) is 6.67 Å². The molecule has 0 saturated heterocycles. The summed E-state index contributed by atoms with van der Waals surface area (Å²) in [4.78, 5) is 2.66. The highest BCUT2D eigenvalue weighted by atomic mass is 32.2. The number of nitrogens with zero attached hydrogens (tertiary/aromatic N) is 1. The molecule has 3 heteroatoms. The molecule has 2 heterocycles. The molecular formula is C23H16N2S. The molecule has 2 N–H and O–H groups in total. The van der Waals surface area contributed by atoms with Gasteiger partial charge in [0.05, 0.1) is 17.7 Å². The fourth-order valence-electron chi connectivity index (χ4n) is 4.36. The smallest absolute Gasteiger partial charge is 0.0707 e. The van der Waals surface area contributed by atoms with E-state index in [1.54, 1.807) is 0 Å². The van der Waals surface area contributed by atoms with Crippen molar-refractivity contribution in [2.75, 3.05) is 0 Å². The molecule has 1 aliphatic heterocycles. The van der Waals surface area contributed by atoms with Gasteiger partial charge in [0, 0.05) is 25.9 Å². The number of nitrogens with two attached hydrogens (primary N) is 1. The van der Waals surface area contributed by atoms with E-state index >= 15 is 0 Å². The van der Waals surface area contributed by atoms with E-state index in [0.717, 1.165) is 0 Å². The van der Waals surface area contributed by atoms with E-state index in [1.165, 1.54) is 53.5 Å². The van der Waals surface area contributed by atoms with E-state index < -0.39 is 0 Å². The zero-order valence-electron chi connectivity index (χ0n) is 14.1. The lowest BCUT2D eigenvalue weighted by Gasteiger charge is -2.17. The van der Waals surface area contributed by atoms with Crippen molar-refractivity contribution in [1.29, 1.82) is 0 Å². The van der Waals surface area contributed by atoms with Gasteiger partial charge in [-0.1, -0.05) is 60.3 Å². The molecule has 0 spiro atoms. The summed E-state index contributed by atoms with van der Waals surface area (Å²) in [7, 11) is 0. The topological polar surface area (TPSA) is 30.9 Å². The SMILES string of the molecule is NCn1c2cccc3c2c2c4c(cccc4c(-c4ccccc4)cc21)S3. The van der Waals surface area contributed by atoms with Crippen LogP contribution < -0.4 is 5.73 Å². The zero-order chi connectivity index (χ0) is 17.3. The van der Waals surface area contributed by atoms with Crippen molar-refractivity contribution >= 4 is 44.3 Å². The molecule has 1 aromatic heterocycles. The van der Waals surface area contributed by atoms with Crippen molar-refractivity contribution in [3.05, 3.63) is 72.8 Å². The van der Waals surface area contributed by atoms with Gasteiger partial charge in [-0.05, 0) is 40.8 Å². The first kappa shape index (κ1) is 14.4. The largest absolute Gasteiger partial charge is 0.327 e. The van der Waals surface area contributed by atoms with Crippen LogP contribution in [0.2, 0.25) is 0 Å². The minimum atomic E-state index is 0.482. The second-order valence-corrected chi connectivity index (χ2v) is 7.81. The summed E-state index contributed by atoms with van der Waals surface area (Å²) in [6.45, 7) is 0.482. The van der Waals surface area contributed by atoms with Crippen LogP contribution in [0.1, 0.15) is 0 Å². The van der Waals surface area contributed by atoms with Gasteiger partial charge in [-0.25, -0.2) is 0 Å². The third-order valence-electron chi connectivity index (χ3n) is 5.43. The minimum absolute atomic E-state index is 0.482. The van der Waals surface area contributed by atoms with Crippen molar-refractivity contribution in [3.63, 3.8) is 0 Å². The van der Waals surface area contributed by atoms with Gasteiger partial charge >= 0.3 is 0 Å². The van der Waals surface area contributed by atoms with E-state index in [4.69, 9.17) is 5.73 Å². The summed E-state index contributed by atoms with van der Waals surface area (Å²) in [5.41, 5.74) is 11.2. The number of rotatable bonds is 2. The second kappa shape index (κ2) is 5.13. The predicted octanol–water partition coefficient (Wildman–Crippen LogP) is 6.00. The molecule has 0 amide bonds. The summed E-state index contributed by atoms with van der Waals surface area (Å²) in [6, 6.07) is 26.2. The molecule has 2 nitrogen and oxygen atoms in total. The number of aromatic nitrogens is 1. The average molecular weight is 352 g/mol. The summed E-state index contributed by atoms with van der Waals surface area (Å²) in [6.07, 6.45) is 0. The van der Waals surface area contributed by atoms with Crippen LogP contribution in [0.15, 0.2) is 82.6 Å². The molecule has 0 radical (unpaired) electrons. The first-order chi connectivity index (χ1) is 12.9. The Kier molecular flexibility index (Phi) is 2.85. The highest BCUT2D eigenvalue weighted by molar-refractivity contribution is 8.00.